The van der Waals surface area contributed by atoms with Crippen LogP contribution in [0.1, 0.15) is 12.5 Å². The van der Waals surface area contributed by atoms with Gasteiger partial charge in [-0.25, -0.2) is 4.39 Å². The fourth-order valence-corrected chi connectivity index (χ4v) is 1.27. The first-order valence-electron chi connectivity index (χ1n) is 4.74. The van der Waals surface area contributed by atoms with Crippen LogP contribution in [0.3, 0.4) is 0 Å². The Hall–Kier alpha value is -0.930. The molecule has 76 valence electrons. The van der Waals surface area contributed by atoms with Crippen LogP contribution in [-0.4, -0.2) is 18.8 Å². The molecule has 3 heteroatoms. The van der Waals surface area contributed by atoms with E-state index in [9.17, 15) is 4.39 Å². The second-order valence-corrected chi connectivity index (χ2v) is 3.48. The van der Waals surface area contributed by atoms with E-state index in [-0.39, 0.29) is 18.0 Å². The van der Waals surface area contributed by atoms with Gasteiger partial charge >= 0.3 is 0 Å². The second-order valence-electron chi connectivity index (χ2n) is 3.48. The maximum atomic E-state index is 13.1. The summed E-state index contributed by atoms with van der Waals surface area (Å²) in [6.07, 6.45) is 0.261. The zero-order valence-electron chi connectivity index (χ0n) is 8.07. The monoisotopic (exact) mass is 196 g/mol. The normalized spacial score (nSPS) is 22.0. The summed E-state index contributed by atoms with van der Waals surface area (Å²) in [5.41, 5.74) is 0.597. The number of rotatable bonds is 4. The van der Waals surface area contributed by atoms with Gasteiger partial charge in [-0.1, -0.05) is 18.2 Å². The average molecular weight is 196 g/mol. The standard InChI is InChI=1S/C11H13FO2/c1-8(11-7-14-11)13-6-9-4-2-3-5-10(9)12/h2-5,8,11H,6-7H2,1H3/t8-,11+/m0/s1. The van der Waals surface area contributed by atoms with Crippen LogP contribution in [0.2, 0.25) is 0 Å². The van der Waals surface area contributed by atoms with Crippen molar-refractivity contribution in [3.05, 3.63) is 35.6 Å². The minimum absolute atomic E-state index is 0.0506. The smallest absolute Gasteiger partial charge is 0.128 e. The fourth-order valence-electron chi connectivity index (χ4n) is 1.27. The molecule has 0 bridgehead atoms. The van der Waals surface area contributed by atoms with Crippen LogP contribution in [0.4, 0.5) is 4.39 Å². The first kappa shape index (κ1) is 9.62. The molecule has 0 radical (unpaired) electrons. The van der Waals surface area contributed by atoms with Crippen LogP contribution in [-0.2, 0) is 16.1 Å². The summed E-state index contributed by atoms with van der Waals surface area (Å²) in [5.74, 6) is -0.212. The topological polar surface area (TPSA) is 21.8 Å². The Balaban J connectivity index is 1.87. The molecule has 1 saturated heterocycles. The lowest BCUT2D eigenvalue weighted by molar-refractivity contribution is 0.0326. The van der Waals surface area contributed by atoms with Crippen LogP contribution in [0.15, 0.2) is 24.3 Å². The maximum absolute atomic E-state index is 13.1. The van der Waals surface area contributed by atoms with Gasteiger partial charge < -0.3 is 9.47 Å². The molecule has 2 atom stereocenters. The third kappa shape index (κ3) is 2.30. The summed E-state index contributed by atoms with van der Waals surface area (Å²) >= 11 is 0. The molecular formula is C11H13FO2. The molecule has 1 aromatic carbocycles. The molecule has 0 spiro atoms. The van der Waals surface area contributed by atoms with E-state index in [1.807, 2.05) is 6.92 Å². The number of hydrogen-bond donors (Lipinski definition) is 0. The van der Waals surface area contributed by atoms with E-state index < -0.39 is 0 Å². The van der Waals surface area contributed by atoms with Gasteiger partial charge in [0.15, 0.2) is 0 Å². The van der Waals surface area contributed by atoms with Gasteiger partial charge in [-0.2, -0.15) is 0 Å². The van der Waals surface area contributed by atoms with Crippen molar-refractivity contribution in [1.29, 1.82) is 0 Å². The van der Waals surface area contributed by atoms with Crippen LogP contribution in [0.25, 0.3) is 0 Å². The Bertz CT molecular complexity index is 310. The van der Waals surface area contributed by atoms with Gasteiger partial charge in [-0.05, 0) is 13.0 Å². The number of benzene rings is 1. The molecule has 1 fully saturated rings. The summed E-state index contributed by atoms with van der Waals surface area (Å²) in [5, 5.41) is 0. The number of ether oxygens (including phenoxy) is 2. The third-order valence-electron chi connectivity index (χ3n) is 2.34. The molecule has 2 nitrogen and oxygen atoms in total. The van der Waals surface area contributed by atoms with E-state index in [4.69, 9.17) is 9.47 Å². The Morgan fingerprint density at radius 3 is 2.93 bits per heavy atom. The van der Waals surface area contributed by atoms with Crippen LogP contribution in [0.5, 0.6) is 0 Å². The molecule has 0 amide bonds. The van der Waals surface area contributed by atoms with E-state index in [0.717, 1.165) is 6.61 Å². The average Bonchev–Trinajstić information content (AvgIpc) is 2.99. The summed E-state index contributed by atoms with van der Waals surface area (Å²) in [4.78, 5) is 0. The number of halogens is 1. The first-order valence-corrected chi connectivity index (χ1v) is 4.74. The number of epoxide rings is 1. The molecule has 1 aliphatic rings. The van der Waals surface area contributed by atoms with E-state index in [2.05, 4.69) is 0 Å². The summed E-state index contributed by atoms with van der Waals surface area (Å²) in [6.45, 7) is 3.02. The zero-order valence-corrected chi connectivity index (χ0v) is 8.07. The number of hydrogen-bond acceptors (Lipinski definition) is 2. The Morgan fingerprint density at radius 2 is 2.29 bits per heavy atom. The third-order valence-corrected chi connectivity index (χ3v) is 2.34. The minimum Gasteiger partial charge on any atom is -0.371 e. The highest BCUT2D eigenvalue weighted by Crippen LogP contribution is 2.18. The molecule has 0 N–H and O–H groups in total. The van der Waals surface area contributed by atoms with Crippen molar-refractivity contribution in [2.75, 3.05) is 6.61 Å². The van der Waals surface area contributed by atoms with Crippen LogP contribution in [0, 0.1) is 5.82 Å². The van der Waals surface area contributed by atoms with E-state index in [0.29, 0.717) is 12.2 Å². The Labute approximate surface area is 82.6 Å². The zero-order chi connectivity index (χ0) is 9.97. The van der Waals surface area contributed by atoms with Crippen molar-refractivity contribution < 1.29 is 13.9 Å². The fraction of sp³-hybridized carbons (Fsp3) is 0.455. The quantitative estimate of drug-likeness (QED) is 0.688. The van der Waals surface area contributed by atoms with Gasteiger partial charge in [0, 0.05) is 5.56 Å². The lowest BCUT2D eigenvalue weighted by Crippen LogP contribution is -2.15. The van der Waals surface area contributed by atoms with Crippen molar-refractivity contribution in [3.8, 4) is 0 Å². The second kappa shape index (κ2) is 4.07. The molecule has 0 aromatic heterocycles. The highest BCUT2D eigenvalue weighted by molar-refractivity contribution is 5.16. The maximum Gasteiger partial charge on any atom is 0.128 e. The van der Waals surface area contributed by atoms with Gasteiger partial charge in [0.2, 0.25) is 0 Å². The molecule has 1 aliphatic heterocycles. The molecule has 2 rings (SSSR count). The molecule has 0 saturated carbocycles. The highest BCUT2D eigenvalue weighted by Gasteiger charge is 2.30. The SMILES string of the molecule is C[C@H](OCc1ccccc1F)[C@H]1CO1. The molecule has 0 aliphatic carbocycles. The largest absolute Gasteiger partial charge is 0.371 e. The van der Waals surface area contributed by atoms with Crippen molar-refractivity contribution >= 4 is 0 Å². The van der Waals surface area contributed by atoms with E-state index in [1.165, 1.54) is 6.07 Å². The summed E-state index contributed by atoms with van der Waals surface area (Å²) in [7, 11) is 0. The molecule has 1 heterocycles. The lowest BCUT2D eigenvalue weighted by Gasteiger charge is -2.10. The Morgan fingerprint density at radius 1 is 1.57 bits per heavy atom. The van der Waals surface area contributed by atoms with E-state index in [1.54, 1.807) is 18.2 Å². The van der Waals surface area contributed by atoms with Gasteiger partial charge in [0.05, 0.1) is 19.3 Å². The van der Waals surface area contributed by atoms with Crippen molar-refractivity contribution in [1.82, 2.24) is 0 Å². The van der Waals surface area contributed by atoms with Crippen LogP contribution < -0.4 is 0 Å². The van der Waals surface area contributed by atoms with Crippen molar-refractivity contribution in [2.24, 2.45) is 0 Å². The first-order chi connectivity index (χ1) is 6.77. The predicted octanol–water partition coefficient (Wildman–Crippen LogP) is 2.13. The minimum atomic E-state index is -0.212. The summed E-state index contributed by atoms with van der Waals surface area (Å²) in [6, 6.07) is 6.65. The lowest BCUT2D eigenvalue weighted by atomic mass is 10.2. The van der Waals surface area contributed by atoms with Gasteiger partial charge in [0.25, 0.3) is 0 Å². The van der Waals surface area contributed by atoms with Crippen molar-refractivity contribution in [3.63, 3.8) is 0 Å². The van der Waals surface area contributed by atoms with Crippen LogP contribution >= 0.6 is 0 Å². The van der Waals surface area contributed by atoms with Gasteiger partial charge in [0.1, 0.15) is 11.9 Å². The molecular weight excluding hydrogens is 183 g/mol. The molecule has 1 aromatic rings. The van der Waals surface area contributed by atoms with Crippen molar-refractivity contribution in [2.45, 2.75) is 25.7 Å². The molecule has 0 unspecified atom stereocenters. The summed E-state index contributed by atoms with van der Waals surface area (Å²) < 4.78 is 23.7. The Kier molecular flexibility index (Phi) is 2.79. The molecule has 14 heavy (non-hydrogen) atoms. The van der Waals surface area contributed by atoms with Gasteiger partial charge in [-0.15, -0.1) is 0 Å². The van der Waals surface area contributed by atoms with E-state index >= 15 is 0 Å². The highest BCUT2D eigenvalue weighted by atomic mass is 19.1. The van der Waals surface area contributed by atoms with Gasteiger partial charge in [-0.3, -0.25) is 0 Å². The predicted molar refractivity (Wildman–Crippen MR) is 50.4 cm³/mol.